The molecule has 0 aliphatic heterocycles. The molecule has 3 aromatic rings. The van der Waals surface area contributed by atoms with Crippen molar-refractivity contribution in [1.82, 2.24) is 4.57 Å². The SMILES string of the molecule is O=C(O)c1ccc2cc(Br)n(C(=O)c3c(Cl)cccc3C(F)(F)F)c2c1. The van der Waals surface area contributed by atoms with Crippen LogP contribution in [-0.4, -0.2) is 21.6 Å². The van der Waals surface area contributed by atoms with Crippen LogP contribution in [0.4, 0.5) is 13.2 Å². The van der Waals surface area contributed by atoms with Crippen molar-refractivity contribution in [3.05, 3.63) is 68.8 Å². The van der Waals surface area contributed by atoms with Crippen LogP contribution in [0.15, 0.2) is 47.1 Å². The summed E-state index contributed by atoms with van der Waals surface area (Å²) in [5, 5.41) is 9.25. The highest BCUT2D eigenvalue weighted by molar-refractivity contribution is 9.10. The van der Waals surface area contributed by atoms with Crippen LogP contribution in [0.5, 0.6) is 0 Å². The number of carbonyl (C=O) groups is 2. The standard InChI is InChI=1S/C17H8BrClF3NO3/c18-13-7-8-4-5-9(16(25)26)6-12(8)23(13)15(24)14-10(17(20,21)22)2-1-3-11(14)19/h1-7H,(H,25,26). The summed E-state index contributed by atoms with van der Waals surface area (Å²) in [6.07, 6.45) is -4.78. The van der Waals surface area contributed by atoms with Gasteiger partial charge in [-0.25, -0.2) is 4.79 Å². The Morgan fingerprint density at radius 2 is 1.81 bits per heavy atom. The Morgan fingerprint density at radius 3 is 2.42 bits per heavy atom. The molecule has 0 spiro atoms. The number of fused-ring (bicyclic) bond motifs is 1. The van der Waals surface area contributed by atoms with E-state index in [4.69, 9.17) is 16.7 Å². The molecule has 26 heavy (non-hydrogen) atoms. The zero-order valence-electron chi connectivity index (χ0n) is 12.6. The van der Waals surface area contributed by atoms with Crippen molar-refractivity contribution in [2.45, 2.75) is 6.18 Å². The van der Waals surface area contributed by atoms with Crippen LogP contribution < -0.4 is 0 Å². The van der Waals surface area contributed by atoms with Crippen LogP contribution in [0.3, 0.4) is 0 Å². The smallest absolute Gasteiger partial charge is 0.417 e. The monoisotopic (exact) mass is 445 g/mol. The van der Waals surface area contributed by atoms with Gasteiger partial charge in [0.05, 0.1) is 31.8 Å². The summed E-state index contributed by atoms with van der Waals surface area (Å²) in [5.41, 5.74) is -1.83. The highest BCUT2D eigenvalue weighted by atomic mass is 79.9. The minimum Gasteiger partial charge on any atom is -0.478 e. The Bertz CT molecular complexity index is 1060. The van der Waals surface area contributed by atoms with Gasteiger partial charge in [-0.15, -0.1) is 0 Å². The molecule has 1 heterocycles. The third-order valence-corrected chi connectivity index (χ3v) is 4.64. The number of hydrogen-bond donors (Lipinski definition) is 1. The predicted octanol–water partition coefficient (Wildman–Crippen LogP) is 5.46. The molecule has 134 valence electrons. The summed E-state index contributed by atoms with van der Waals surface area (Å²) in [5.74, 6) is -2.25. The number of carboxylic acids is 1. The van der Waals surface area contributed by atoms with Crippen molar-refractivity contribution < 1.29 is 27.9 Å². The average molecular weight is 447 g/mol. The van der Waals surface area contributed by atoms with Crippen LogP contribution in [-0.2, 0) is 6.18 Å². The van der Waals surface area contributed by atoms with Crippen molar-refractivity contribution >= 4 is 50.3 Å². The topological polar surface area (TPSA) is 59.3 Å². The van der Waals surface area contributed by atoms with E-state index in [0.717, 1.165) is 16.7 Å². The van der Waals surface area contributed by atoms with Crippen LogP contribution in [0.2, 0.25) is 5.02 Å². The van der Waals surface area contributed by atoms with Crippen molar-refractivity contribution in [1.29, 1.82) is 0 Å². The molecule has 0 saturated carbocycles. The molecule has 1 aromatic heterocycles. The fourth-order valence-corrected chi connectivity index (χ4v) is 3.45. The van der Waals surface area contributed by atoms with Gasteiger partial charge in [0.2, 0.25) is 0 Å². The van der Waals surface area contributed by atoms with Crippen LogP contribution in [0.25, 0.3) is 10.9 Å². The van der Waals surface area contributed by atoms with Gasteiger partial charge in [0.15, 0.2) is 0 Å². The maximum atomic E-state index is 13.3. The fourth-order valence-electron chi connectivity index (χ4n) is 2.60. The van der Waals surface area contributed by atoms with Crippen LogP contribution in [0.1, 0.15) is 26.3 Å². The number of alkyl halides is 3. The van der Waals surface area contributed by atoms with Gasteiger partial charge in [0.25, 0.3) is 5.91 Å². The molecule has 0 atom stereocenters. The Labute approximate surface area is 157 Å². The van der Waals surface area contributed by atoms with Gasteiger partial charge in [0.1, 0.15) is 0 Å². The first-order valence-electron chi connectivity index (χ1n) is 7.06. The van der Waals surface area contributed by atoms with Crippen molar-refractivity contribution in [2.24, 2.45) is 0 Å². The molecule has 0 aliphatic carbocycles. The second-order valence-corrected chi connectivity index (χ2v) is 6.57. The summed E-state index contributed by atoms with van der Waals surface area (Å²) in [6, 6.07) is 8.57. The lowest BCUT2D eigenvalue weighted by atomic mass is 10.1. The van der Waals surface area contributed by atoms with Crippen LogP contribution >= 0.6 is 27.5 Å². The van der Waals surface area contributed by atoms with Gasteiger partial charge < -0.3 is 5.11 Å². The van der Waals surface area contributed by atoms with E-state index in [9.17, 15) is 22.8 Å². The second kappa shape index (κ2) is 6.44. The molecular formula is C17H8BrClF3NO3. The lowest BCUT2D eigenvalue weighted by Crippen LogP contribution is -2.19. The van der Waals surface area contributed by atoms with Gasteiger partial charge in [0, 0.05) is 5.39 Å². The number of nitrogens with zero attached hydrogens (tertiary/aromatic N) is 1. The van der Waals surface area contributed by atoms with Gasteiger partial charge >= 0.3 is 12.1 Å². The number of carboxylic acid groups (broad SMARTS) is 1. The van der Waals surface area contributed by atoms with E-state index in [1.165, 1.54) is 30.3 Å². The quantitative estimate of drug-likeness (QED) is 0.568. The first-order chi connectivity index (χ1) is 12.1. The van der Waals surface area contributed by atoms with E-state index in [0.29, 0.717) is 5.39 Å². The van der Waals surface area contributed by atoms with Crippen molar-refractivity contribution in [2.75, 3.05) is 0 Å². The van der Waals surface area contributed by atoms with E-state index in [-0.39, 0.29) is 20.7 Å². The predicted molar refractivity (Wildman–Crippen MR) is 92.8 cm³/mol. The van der Waals surface area contributed by atoms with Crippen LogP contribution in [0, 0.1) is 0 Å². The number of aromatic carboxylic acids is 1. The number of halogens is 5. The molecule has 0 saturated heterocycles. The third-order valence-electron chi connectivity index (χ3n) is 3.74. The van der Waals surface area contributed by atoms with Crippen molar-refractivity contribution in [3.8, 4) is 0 Å². The second-order valence-electron chi connectivity index (χ2n) is 5.35. The van der Waals surface area contributed by atoms with E-state index in [1.54, 1.807) is 0 Å². The molecule has 4 nitrogen and oxygen atoms in total. The van der Waals surface area contributed by atoms with Gasteiger partial charge in [-0.05, 0) is 46.3 Å². The molecule has 0 unspecified atom stereocenters. The average Bonchev–Trinajstić information content (AvgIpc) is 2.87. The molecule has 0 fully saturated rings. The first kappa shape index (κ1) is 18.5. The number of carbonyl (C=O) groups excluding carboxylic acids is 1. The van der Waals surface area contributed by atoms with E-state index in [1.807, 2.05) is 0 Å². The Kier molecular flexibility index (Phi) is 4.58. The molecule has 3 rings (SSSR count). The molecule has 0 radical (unpaired) electrons. The molecule has 1 N–H and O–H groups in total. The largest absolute Gasteiger partial charge is 0.478 e. The maximum Gasteiger partial charge on any atom is 0.417 e. The number of rotatable bonds is 2. The zero-order chi connectivity index (χ0) is 19.2. The van der Waals surface area contributed by atoms with Gasteiger partial charge in [-0.3, -0.25) is 9.36 Å². The molecule has 0 aliphatic rings. The van der Waals surface area contributed by atoms with Crippen molar-refractivity contribution in [3.63, 3.8) is 0 Å². The normalized spacial score (nSPS) is 11.7. The molecule has 9 heteroatoms. The minimum atomic E-state index is -4.78. The van der Waals surface area contributed by atoms with E-state index >= 15 is 0 Å². The van der Waals surface area contributed by atoms with E-state index in [2.05, 4.69) is 15.9 Å². The zero-order valence-corrected chi connectivity index (χ0v) is 15.0. The fraction of sp³-hybridized carbons (Fsp3) is 0.0588. The first-order valence-corrected chi connectivity index (χ1v) is 8.23. The van der Waals surface area contributed by atoms with Gasteiger partial charge in [-0.2, -0.15) is 13.2 Å². The summed E-state index contributed by atoms with van der Waals surface area (Å²) < 4.78 is 41.0. The molecular weight excluding hydrogens is 439 g/mol. The summed E-state index contributed by atoms with van der Waals surface area (Å²) >= 11 is 9.03. The number of benzene rings is 2. The highest BCUT2D eigenvalue weighted by Crippen LogP contribution is 2.37. The van der Waals surface area contributed by atoms with Gasteiger partial charge in [-0.1, -0.05) is 23.7 Å². The summed E-state index contributed by atoms with van der Waals surface area (Å²) in [7, 11) is 0. The molecule has 2 aromatic carbocycles. The Balaban J connectivity index is 2.29. The molecule has 0 bridgehead atoms. The Morgan fingerprint density at radius 1 is 1.12 bits per heavy atom. The lowest BCUT2D eigenvalue weighted by molar-refractivity contribution is -0.137. The summed E-state index contributed by atoms with van der Waals surface area (Å²) in [6.45, 7) is 0. The lowest BCUT2D eigenvalue weighted by Gasteiger charge is -2.15. The maximum absolute atomic E-state index is 13.3. The van der Waals surface area contributed by atoms with E-state index < -0.39 is 29.2 Å². The third kappa shape index (κ3) is 3.10. The highest BCUT2D eigenvalue weighted by Gasteiger charge is 2.37. The number of aromatic nitrogens is 1. The minimum absolute atomic E-state index is 0.104. The summed E-state index contributed by atoms with van der Waals surface area (Å²) in [4.78, 5) is 24.1. The Hall–Kier alpha value is -2.32. The number of hydrogen-bond acceptors (Lipinski definition) is 2. The molecule has 0 amide bonds.